The van der Waals surface area contributed by atoms with Crippen molar-refractivity contribution >= 4 is 25.4 Å². The largest absolute Gasteiger partial charge is 0.381 e. The number of nitrogens with one attached hydrogen (secondary N) is 1. The zero-order valence-electron chi connectivity index (χ0n) is 13.2. The Labute approximate surface area is 133 Å². The van der Waals surface area contributed by atoms with Crippen LogP contribution in [0.15, 0.2) is 28.0 Å². The second kappa shape index (κ2) is 6.20. The lowest BCUT2D eigenvalue weighted by Gasteiger charge is -2.29. The minimum absolute atomic E-state index is 0.0236. The van der Waals surface area contributed by atoms with Crippen LogP contribution < -0.4 is 5.32 Å². The molecule has 1 aromatic rings. The average Bonchev–Trinajstić information content (AvgIpc) is 2.36. The molecule has 5 nitrogen and oxygen atoms in total. The third-order valence-electron chi connectivity index (χ3n) is 4.08. The van der Waals surface area contributed by atoms with Gasteiger partial charge in [-0.15, -0.1) is 0 Å². The summed E-state index contributed by atoms with van der Waals surface area (Å²) >= 11 is 0. The second-order valence-corrected chi connectivity index (χ2v) is 10.3. The molecule has 1 aliphatic rings. The number of anilines is 1. The quantitative estimate of drug-likeness (QED) is 0.907. The number of rotatable bonds is 4. The van der Waals surface area contributed by atoms with Crippen LogP contribution >= 0.6 is 0 Å². The van der Waals surface area contributed by atoms with Gasteiger partial charge in [0, 0.05) is 18.6 Å². The van der Waals surface area contributed by atoms with Crippen molar-refractivity contribution in [2.24, 2.45) is 5.92 Å². The molecule has 22 heavy (non-hydrogen) atoms. The highest BCUT2D eigenvalue weighted by molar-refractivity contribution is 7.91. The molecule has 1 N–H and O–H groups in total. The van der Waals surface area contributed by atoms with Crippen molar-refractivity contribution in [2.75, 3.05) is 17.8 Å². The predicted octanol–water partition coefficient (Wildman–Crippen LogP) is 2.48. The Morgan fingerprint density at radius 3 is 2.27 bits per heavy atom. The van der Waals surface area contributed by atoms with Crippen LogP contribution in [0, 0.1) is 5.92 Å². The van der Waals surface area contributed by atoms with E-state index in [4.69, 9.17) is 0 Å². The van der Waals surface area contributed by atoms with Gasteiger partial charge in [0.25, 0.3) is 0 Å². The van der Waals surface area contributed by atoms with E-state index in [0.29, 0.717) is 11.6 Å². The molecule has 1 aromatic carbocycles. The van der Waals surface area contributed by atoms with Crippen LogP contribution in [0.25, 0.3) is 0 Å². The first-order valence-corrected chi connectivity index (χ1v) is 11.2. The summed E-state index contributed by atoms with van der Waals surface area (Å²) in [5, 5.41) is 3.29. The van der Waals surface area contributed by atoms with Gasteiger partial charge >= 0.3 is 0 Å². The van der Waals surface area contributed by atoms with E-state index in [-0.39, 0.29) is 15.8 Å². The van der Waals surface area contributed by atoms with Gasteiger partial charge in [-0.3, -0.25) is 0 Å². The normalized spacial score (nSPS) is 23.2. The van der Waals surface area contributed by atoms with Crippen molar-refractivity contribution in [1.82, 2.24) is 0 Å². The Kier molecular flexibility index (Phi) is 4.87. The fourth-order valence-electron chi connectivity index (χ4n) is 2.94. The van der Waals surface area contributed by atoms with Gasteiger partial charge in [-0.1, -0.05) is 19.8 Å². The standard InChI is InChI=1S/C15H23NO4S2/c1-11-5-4-6-12(9-11)16-14-8-7-13(21(2,17)18)10-15(14)22(3,19)20/h7-8,10-12,16H,4-6,9H2,1-3H3/t11-,12-/m0/s1. The van der Waals surface area contributed by atoms with Crippen LogP contribution in [0.3, 0.4) is 0 Å². The van der Waals surface area contributed by atoms with Gasteiger partial charge < -0.3 is 5.32 Å². The van der Waals surface area contributed by atoms with Gasteiger partial charge in [-0.2, -0.15) is 0 Å². The van der Waals surface area contributed by atoms with Crippen LogP contribution in [0.4, 0.5) is 5.69 Å². The molecule has 0 bridgehead atoms. The summed E-state index contributed by atoms with van der Waals surface area (Å²) in [6, 6.07) is 4.50. The Bertz CT molecular complexity index is 754. The molecule has 2 rings (SSSR count). The van der Waals surface area contributed by atoms with Crippen LogP contribution in [-0.2, 0) is 19.7 Å². The Morgan fingerprint density at radius 2 is 1.73 bits per heavy atom. The first-order valence-electron chi connectivity index (χ1n) is 7.38. The van der Waals surface area contributed by atoms with Gasteiger partial charge in [-0.25, -0.2) is 16.8 Å². The lowest BCUT2D eigenvalue weighted by molar-refractivity contribution is 0.358. The number of benzene rings is 1. The lowest BCUT2D eigenvalue weighted by atomic mass is 9.87. The molecule has 1 aliphatic carbocycles. The molecule has 0 aliphatic heterocycles. The van der Waals surface area contributed by atoms with Crippen LogP contribution in [0.5, 0.6) is 0 Å². The molecule has 0 saturated heterocycles. The topological polar surface area (TPSA) is 80.3 Å². The van der Waals surface area contributed by atoms with Gasteiger partial charge in [0.1, 0.15) is 0 Å². The van der Waals surface area contributed by atoms with Crippen LogP contribution in [0.1, 0.15) is 32.6 Å². The second-order valence-electron chi connectivity index (χ2n) is 6.32. The molecule has 0 heterocycles. The summed E-state index contributed by atoms with van der Waals surface area (Å²) in [5.74, 6) is 0.614. The molecule has 7 heteroatoms. The Morgan fingerprint density at radius 1 is 1.05 bits per heavy atom. The molecule has 0 spiro atoms. The van der Waals surface area contributed by atoms with E-state index in [2.05, 4.69) is 12.2 Å². The van der Waals surface area contributed by atoms with E-state index in [1.165, 1.54) is 18.6 Å². The molecule has 1 fully saturated rings. The first-order chi connectivity index (χ1) is 10.1. The number of hydrogen-bond donors (Lipinski definition) is 1. The summed E-state index contributed by atoms with van der Waals surface area (Å²) in [7, 11) is -6.94. The number of sulfone groups is 2. The van der Waals surface area contributed by atoms with E-state index in [1.54, 1.807) is 6.07 Å². The Hall–Kier alpha value is -1.08. The fourth-order valence-corrected chi connectivity index (χ4v) is 4.53. The van der Waals surface area contributed by atoms with Crippen LogP contribution in [0.2, 0.25) is 0 Å². The molecule has 0 amide bonds. The minimum atomic E-state index is -3.51. The molecule has 0 aromatic heterocycles. The van der Waals surface area contributed by atoms with E-state index in [9.17, 15) is 16.8 Å². The maximum absolute atomic E-state index is 12.0. The highest BCUT2D eigenvalue weighted by atomic mass is 32.2. The van der Waals surface area contributed by atoms with E-state index >= 15 is 0 Å². The third kappa shape index (κ3) is 4.23. The molecular formula is C15H23NO4S2. The molecular weight excluding hydrogens is 322 g/mol. The van der Waals surface area contributed by atoms with Gasteiger partial charge in [-0.05, 0) is 37.0 Å². The van der Waals surface area contributed by atoms with E-state index in [1.807, 2.05) is 0 Å². The van der Waals surface area contributed by atoms with Crippen molar-refractivity contribution in [3.8, 4) is 0 Å². The van der Waals surface area contributed by atoms with E-state index in [0.717, 1.165) is 31.8 Å². The smallest absolute Gasteiger partial charge is 0.177 e. The highest BCUT2D eigenvalue weighted by Crippen LogP contribution is 2.30. The average molecular weight is 345 g/mol. The zero-order chi connectivity index (χ0) is 16.5. The number of hydrogen-bond acceptors (Lipinski definition) is 5. The molecule has 1 saturated carbocycles. The fraction of sp³-hybridized carbons (Fsp3) is 0.600. The lowest BCUT2D eigenvalue weighted by Crippen LogP contribution is -2.27. The third-order valence-corrected chi connectivity index (χ3v) is 6.32. The van der Waals surface area contributed by atoms with Gasteiger partial charge in [0.15, 0.2) is 19.7 Å². The van der Waals surface area contributed by atoms with Crippen LogP contribution in [-0.4, -0.2) is 35.4 Å². The van der Waals surface area contributed by atoms with Crippen molar-refractivity contribution in [3.05, 3.63) is 18.2 Å². The first kappa shape index (κ1) is 17.3. The molecule has 2 atom stereocenters. The maximum atomic E-state index is 12.0. The molecule has 0 unspecified atom stereocenters. The summed E-state index contributed by atoms with van der Waals surface area (Å²) < 4.78 is 47.3. The van der Waals surface area contributed by atoms with Crippen molar-refractivity contribution in [1.29, 1.82) is 0 Å². The zero-order valence-corrected chi connectivity index (χ0v) is 14.8. The summed E-state index contributed by atoms with van der Waals surface area (Å²) in [6.07, 6.45) is 6.49. The summed E-state index contributed by atoms with van der Waals surface area (Å²) in [6.45, 7) is 2.19. The Balaban J connectivity index is 2.39. The molecule has 124 valence electrons. The van der Waals surface area contributed by atoms with Gasteiger partial charge in [0.05, 0.1) is 15.5 Å². The highest BCUT2D eigenvalue weighted by Gasteiger charge is 2.22. The predicted molar refractivity (Wildman–Crippen MR) is 87.7 cm³/mol. The summed E-state index contributed by atoms with van der Waals surface area (Å²) in [4.78, 5) is 0.0733. The summed E-state index contributed by atoms with van der Waals surface area (Å²) in [5.41, 5.74) is 0.494. The SMILES string of the molecule is C[C@H]1CCC[C@H](Nc2ccc(S(C)(=O)=O)cc2S(C)(=O)=O)C1. The van der Waals surface area contributed by atoms with Crippen molar-refractivity contribution < 1.29 is 16.8 Å². The maximum Gasteiger partial charge on any atom is 0.177 e. The monoisotopic (exact) mass is 345 g/mol. The molecule has 0 radical (unpaired) electrons. The van der Waals surface area contributed by atoms with E-state index < -0.39 is 19.7 Å². The van der Waals surface area contributed by atoms with Gasteiger partial charge in [0.2, 0.25) is 0 Å². The van der Waals surface area contributed by atoms with Crippen molar-refractivity contribution in [3.63, 3.8) is 0 Å². The van der Waals surface area contributed by atoms with Crippen molar-refractivity contribution in [2.45, 2.75) is 48.4 Å². The minimum Gasteiger partial charge on any atom is -0.381 e.